The molecule has 1 aromatic heterocycles. The molecule has 0 atom stereocenters. The highest BCUT2D eigenvalue weighted by Crippen LogP contribution is 2.34. The number of benzene rings is 2. The molecular weight excluding hydrogens is 446 g/mol. The van der Waals surface area contributed by atoms with E-state index in [0.29, 0.717) is 14.9 Å². The molecule has 0 saturated carbocycles. The maximum absolute atomic E-state index is 12.9. The number of hydrogen-bond donors (Lipinski definition) is 0. The Bertz CT molecular complexity index is 1270. The first-order chi connectivity index (χ1) is 14.3. The van der Waals surface area contributed by atoms with E-state index in [1.807, 2.05) is 0 Å². The second-order valence-corrected chi connectivity index (χ2v) is 9.24. The first-order valence-corrected chi connectivity index (χ1v) is 11.0. The van der Waals surface area contributed by atoms with E-state index < -0.39 is 19.7 Å². The summed E-state index contributed by atoms with van der Waals surface area (Å²) < 4.78 is 25.8. The maximum Gasteiger partial charge on any atom is 0.270 e. The Morgan fingerprint density at radius 2 is 1.90 bits per heavy atom. The minimum Gasteiger partial charge on any atom is -0.258 e. The summed E-state index contributed by atoms with van der Waals surface area (Å²) in [5, 5.41) is 21.7. The molecule has 0 aliphatic heterocycles. The minimum absolute atomic E-state index is 0.107. The van der Waals surface area contributed by atoms with Crippen LogP contribution in [0.4, 0.5) is 5.69 Å². The molecule has 1 heterocycles. The van der Waals surface area contributed by atoms with Crippen molar-refractivity contribution in [2.24, 2.45) is 0 Å². The monoisotopic (exact) mass is 457 g/mol. The first-order valence-electron chi connectivity index (χ1n) is 8.31. The smallest absolute Gasteiger partial charge is 0.258 e. The van der Waals surface area contributed by atoms with Gasteiger partial charge < -0.3 is 0 Å². The Labute approximate surface area is 181 Å². The van der Waals surface area contributed by atoms with Gasteiger partial charge in [-0.2, -0.15) is 5.26 Å². The highest BCUT2D eigenvalue weighted by Gasteiger charge is 2.22. The Balaban J connectivity index is 2.12. The highest BCUT2D eigenvalue weighted by molar-refractivity contribution is 7.99. The van der Waals surface area contributed by atoms with Crippen LogP contribution in [0.3, 0.4) is 0 Å². The van der Waals surface area contributed by atoms with E-state index in [2.05, 4.69) is 4.98 Å². The van der Waals surface area contributed by atoms with Crippen LogP contribution in [-0.2, 0) is 9.84 Å². The number of rotatable bonds is 6. The van der Waals surface area contributed by atoms with Crippen LogP contribution in [0, 0.1) is 21.4 Å². The van der Waals surface area contributed by atoms with Gasteiger partial charge in [-0.1, -0.05) is 29.4 Å². The van der Waals surface area contributed by atoms with Gasteiger partial charge in [0.05, 0.1) is 9.82 Å². The standard InChI is InChI=1S/C20H12ClN3O4S2/c21-15-4-7-17(8-5-15)30(27,28)18(13-22)12-14-11-16(24(25)26)6-9-19(14)29-20-3-1-2-10-23-20/h1-12H/b18-12+. The minimum atomic E-state index is -4.14. The van der Waals surface area contributed by atoms with Gasteiger partial charge in [0, 0.05) is 28.2 Å². The average molecular weight is 458 g/mol. The predicted octanol–water partition coefficient (Wildman–Crippen LogP) is 5.13. The molecule has 150 valence electrons. The zero-order chi connectivity index (χ0) is 21.7. The van der Waals surface area contributed by atoms with Gasteiger partial charge in [-0.15, -0.1) is 0 Å². The number of pyridine rings is 1. The van der Waals surface area contributed by atoms with Crippen LogP contribution in [0.5, 0.6) is 0 Å². The number of nitro benzene ring substituents is 1. The number of hydrogen-bond acceptors (Lipinski definition) is 7. The van der Waals surface area contributed by atoms with Crippen LogP contribution in [0.2, 0.25) is 5.02 Å². The molecule has 0 aliphatic carbocycles. The lowest BCUT2D eigenvalue weighted by Crippen LogP contribution is -2.03. The van der Waals surface area contributed by atoms with Crippen molar-refractivity contribution >= 4 is 45.0 Å². The van der Waals surface area contributed by atoms with Gasteiger partial charge in [0.25, 0.3) is 5.69 Å². The molecule has 7 nitrogen and oxygen atoms in total. The number of aromatic nitrogens is 1. The largest absolute Gasteiger partial charge is 0.270 e. The van der Waals surface area contributed by atoms with Crippen molar-refractivity contribution in [1.82, 2.24) is 4.98 Å². The number of nitriles is 1. The van der Waals surface area contributed by atoms with Crippen LogP contribution < -0.4 is 0 Å². The molecule has 0 amide bonds. The van der Waals surface area contributed by atoms with E-state index in [1.54, 1.807) is 30.5 Å². The zero-order valence-corrected chi connectivity index (χ0v) is 17.5. The number of nitro groups is 1. The fraction of sp³-hybridized carbons (Fsp3) is 0. The number of non-ortho nitro benzene ring substituents is 1. The molecule has 30 heavy (non-hydrogen) atoms. The van der Waals surface area contributed by atoms with E-state index >= 15 is 0 Å². The lowest BCUT2D eigenvalue weighted by Gasteiger charge is -2.07. The topological polar surface area (TPSA) is 114 Å². The third-order valence-corrected chi connectivity index (χ3v) is 6.84. The van der Waals surface area contributed by atoms with Crippen LogP contribution in [0.25, 0.3) is 6.08 Å². The van der Waals surface area contributed by atoms with Gasteiger partial charge in [-0.25, -0.2) is 13.4 Å². The van der Waals surface area contributed by atoms with Crippen molar-refractivity contribution in [2.45, 2.75) is 14.8 Å². The number of sulfone groups is 1. The Morgan fingerprint density at radius 3 is 2.50 bits per heavy atom. The highest BCUT2D eigenvalue weighted by atomic mass is 35.5. The van der Waals surface area contributed by atoms with Crippen molar-refractivity contribution < 1.29 is 13.3 Å². The van der Waals surface area contributed by atoms with E-state index in [0.717, 1.165) is 6.08 Å². The molecular formula is C20H12ClN3O4S2. The predicted molar refractivity (Wildman–Crippen MR) is 114 cm³/mol. The summed E-state index contributed by atoms with van der Waals surface area (Å²) in [5.74, 6) is 0. The number of allylic oxidation sites excluding steroid dienone is 1. The Hall–Kier alpha value is -3.19. The molecule has 0 radical (unpaired) electrons. The van der Waals surface area contributed by atoms with Crippen LogP contribution in [0.15, 0.2) is 86.6 Å². The maximum atomic E-state index is 12.9. The summed E-state index contributed by atoms with van der Waals surface area (Å²) >= 11 is 7.00. The van der Waals surface area contributed by atoms with E-state index in [-0.39, 0.29) is 16.1 Å². The van der Waals surface area contributed by atoms with Gasteiger partial charge in [0.2, 0.25) is 9.84 Å². The third kappa shape index (κ3) is 4.86. The summed E-state index contributed by atoms with van der Waals surface area (Å²) in [5.41, 5.74) is -0.0123. The van der Waals surface area contributed by atoms with Gasteiger partial charge >= 0.3 is 0 Å². The summed E-state index contributed by atoms with van der Waals surface area (Å²) in [6.07, 6.45) is 2.72. The molecule has 0 N–H and O–H groups in total. The third-order valence-electron chi connectivity index (χ3n) is 3.87. The molecule has 3 aromatic rings. The summed E-state index contributed by atoms with van der Waals surface area (Å²) in [6, 6.07) is 16.4. The van der Waals surface area contributed by atoms with Gasteiger partial charge in [0.1, 0.15) is 16.0 Å². The van der Waals surface area contributed by atoms with Crippen molar-refractivity contribution in [2.75, 3.05) is 0 Å². The van der Waals surface area contributed by atoms with Gasteiger partial charge in [-0.05, 0) is 54.1 Å². The fourth-order valence-electron chi connectivity index (χ4n) is 2.43. The van der Waals surface area contributed by atoms with E-state index in [9.17, 15) is 23.8 Å². The molecule has 0 aliphatic rings. The van der Waals surface area contributed by atoms with Gasteiger partial charge in [-0.3, -0.25) is 10.1 Å². The SMILES string of the molecule is N#C/C(=C\c1cc([N+](=O)[O-])ccc1Sc1ccccn1)S(=O)(=O)c1ccc(Cl)cc1. The Kier molecular flexibility index (Phi) is 6.52. The second-order valence-electron chi connectivity index (χ2n) is 5.83. The van der Waals surface area contributed by atoms with E-state index in [4.69, 9.17) is 11.6 Å². The molecule has 0 unspecified atom stereocenters. The molecule has 0 bridgehead atoms. The number of halogens is 1. The summed E-state index contributed by atoms with van der Waals surface area (Å²) in [4.78, 5) is 14.7. The quantitative estimate of drug-likeness (QED) is 0.286. The molecule has 0 spiro atoms. The van der Waals surface area contributed by atoms with Crippen LogP contribution in [0.1, 0.15) is 5.56 Å². The molecule has 3 rings (SSSR count). The first kappa shape index (κ1) is 21.5. The van der Waals surface area contributed by atoms with E-state index in [1.165, 1.54) is 54.2 Å². The summed E-state index contributed by atoms with van der Waals surface area (Å²) in [6.45, 7) is 0. The fourth-order valence-corrected chi connectivity index (χ4v) is 4.56. The molecule has 10 heteroatoms. The van der Waals surface area contributed by atoms with Crippen molar-refractivity contribution in [1.29, 1.82) is 5.26 Å². The normalized spacial score (nSPS) is 11.7. The average Bonchev–Trinajstić information content (AvgIpc) is 2.73. The zero-order valence-electron chi connectivity index (χ0n) is 15.1. The lowest BCUT2D eigenvalue weighted by molar-refractivity contribution is -0.384. The van der Waals surface area contributed by atoms with Crippen molar-refractivity contribution in [3.8, 4) is 6.07 Å². The number of nitrogens with zero attached hydrogens (tertiary/aromatic N) is 3. The van der Waals surface area contributed by atoms with Gasteiger partial charge in [0.15, 0.2) is 0 Å². The second kappa shape index (κ2) is 9.09. The Morgan fingerprint density at radius 1 is 1.17 bits per heavy atom. The molecule has 0 fully saturated rings. The van der Waals surface area contributed by atoms with Crippen molar-refractivity contribution in [3.63, 3.8) is 0 Å². The van der Waals surface area contributed by atoms with Crippen LogP contribution in [-0.4, -0.2) is 18.3 Å². The summed E-state index contributed by atoms with van der Waals surface area (Å²) in [7, 11) is -4.14. The van der Waals surface area contributed by atoms with Crippen LogP contribution >= 0.6 is 23.4 Å². The molecule has 2 aromatic carbocycles. The van der Waals surface area contributed by atoms with Crippen molar-refractivity contribution in [3.05, 3.63) is 92.5 Å². The lowest BCUT2D eigenvalue weighted by atomic mass is 10.2. The molecule has 0 saturated heterocycles.